The molecule has 0 aliphatic carbocycles. The highest BCUT2D eigenvalue weighted by molar-refractivity contribution is 7.89. The van der Waals surface area contributed by atoms with Crippen LogP contribution in [0.25, 0.3) is 0 Å². The molecule has 0 aliphatic rings. The number of nitrogen functional groups attached to an aromatic ring is 1. The van der Waals surface area contributed by atoms with E-state index in [1.165, 1.54) is 19.3 Å². The van der Waals surface area contributed by atoms with Gasteiger partial charge in [0, 0.05) is 6.20 Å². The van der Waals surface area contributed by atoms with Crippen LogP contribution in [0, 0.1) is 0 Å². The molecule has 0 aliphatic heterocycles. The Morgan fingerprint density at radius 1 is 1.58 bits per heavy atom. The Bertz CT molecular complexity index is 374. The Kier molecular flexibility index (Phi) is 2.30. The highest BCUT2D eigenvalue weighted by Gasteiger charge is 2.15. The highest BCUT2D eigenvalue weighted by Crippen LogP contribution is 2.12. The Labute approximate surface area is 70.7 Å². The average molecular weight is 187 g/mol. The predicted octanol–water partition coefficient (Wildman–Crippen LogP) is -0.428. The molecule has 0 saturated carbocycles. The summed E-state index contributed by atoms with van der Waals surface area (Å²) in [4.78, 5) is 3.65. The van der Waals surface area contributed by atoms with Gasteiger partial charge in [-0.2, -0.15) is 0 Å². The van der Waals surface area contributed by atoms with Crippen LogP contribution in [0.2, 0.25) is 0 Å². The maximum atomic E-state index is 11.2. The molecule has 0 bridgehead atoms. The summed E-state index contributed by atoms with van der Waals surface area (Å²) in [7, 11) is -2.21. The van der Waals surface area contributed by atoms with Crippen LogP contribution in [0.15, 0.2) is 23.4 Å². The standard InChI is InChI=1S/C6H9N3O2S/c1-8-12(10,11)6-5(7)3-2-4-9-6/h2-4,8H,7H2,1H3. The minimum absolute atomic E-state index is 0.132. The van der Waals surface area contributed by atoms with Gasteiger partial charge in [0.15, 0.2) is 5.03 Å². The first kappa shape index (κ1) is 8.95. The van der Waals surface area contributed by atoms with Gasteiger partial charge >= 0.3 is 0 Å². The van der Waals surface area contributed by atoms with Gasteiger partial charge in [-0.25, -0.2) is 18.1 Å². The van der Waals surface area contributed by atoms with Crippen LogP contribution in [-0.4, -0.2) is 20.4 Å². The Morgan fingerprint density at radius 3 is 2.75 bits per heavy atom. The second-order valence-electron chi connectivity index (χ2n) is 2.11. The van der Waals surface area contributed by atoms with Gasteiger partial charge < -0.3 is 5.73 Å². The lowest BCUT2D eigenvalue weighted by Gasteiger charge is -2.02. The number of anilines is 1. The van der Waals surface area contributed by atoms with Gasteiger partial charge in [0.1, 0.15) is 0 Å². The molecule has 0 amide bonds. The van der Waals surface area contributed by atoms with Gasteiger partial charge in [-0.1, -0.05) is 0 Å². The second kappa shape index (κ2) is 3.08. The fourth-order valence-corrected chi connectivity index (χ4v) is 1.50. The van der Waals surface area contributed by atoms with Crippen LogP contribution >= 0.6 is 0 Å². The van der Waals surface area contributed by atoms with Gasteiger partial charge in [-0.15, -0.1) is 0 Å². The first-order valence-corrected chi connectivity index (χ1v) is 4.70. The molecular formula is C6H9N3O2S. The van der Waals surface area contributed by atoms with Crippen molar-refractivity contribution >= 4 is 15.7 Å². The summed E-state index contributed by atoms with van der Waals surface area (Å²) in [5, 5.41) is -0.132. The van der Waals surface area contributed by atoms with E-state index in [1.807, 2.05) is 0 Å². The predicted molar refractivity (Wildman–Crippen MR) is 44.9 cm³/mol. The summed E-state index contributed by atoms with van der Waals surface area (Å²) in [6.07, 6.45) is 1.38. The Morgan fingerprint density at radius 2 is 2.25 bits per heavy atom. The molecule has 0 spiro atoms. The van der Waals surface area contributed by atoms with Crippen molar-refractivity contribution in [3.05, 3.63) is 18.3 Å². The lowest BCUT2D eigenvalue weighted by molar-refractivity contribution is 0.585. The minimum Gasteiger partial charge on any atom is -0.396 e. The molecule has 1 aromatic rings. The van der Waals surface area contributed by atoms with E-state index in [9.17, 15) is 8.42 Å². The van der Waals surface area contributed by atoms with Crippen LogP contribution in [0.3, 0.4) is 0 Å². The molecule has 6 heteroatoms. The minimum atomic E-state index is -3.51. The number of pyridine rings is 1. The molecule has 5 nitrogen and oxygen atoms in total. The molecule has 66 valence electrons. The molecule has 0 atom stereocenters. The number of nitrogens with two attached hydrogens (primary N) is 1. The van der Waals surface area contributed by atoms with Crippen LogP contribution in [-0.2, 0) is 10.0 Å². The fraction of sp³-hybridized carbons (Fsp3) is 0.167. The SMILES string of the molecule is CNS(=O)(=O)c1ncccc1N. The molecule has 0 aromatic carbocycles. The van der Waals surface area contributed by atoms with Crippen molar-refractivity contribution in [2.75, 3.05) is 12.8 Å². The van der Waals surface area contributed by atoms with E-state index < -0.39 is 10.0 Å². The van der Waals surface area contributed by atoms with Crippen LogP contribution in [0.5, 0.6) is 0 Å². The first-order chi connectivity index (χ1) is 5.58. The van der Waals surface area contributed by atoms with Gasteiger partial charge in [-0.3, -0.25) is 0 Å². The van der Waals surface area contributed by atoms with Crippen molar-refractivity contribution in [3.8, 4) is 0 Å². The summed E-state index contributed by atoms with van der Waals surface area (Å²) < 4.78 is 24.5. The quantitative estimate of drug-likeness (QED) is 0.658. The number of hydrogen-bond acceptors (Lipinski definition) is 4. The molecule has 1 rings (SSSR count). The summed E-state index contributed by atoms with van der Waals surface area (Å²) in [6.45, 7) is 0. The number of nitrogens with one attached hydrogen (secondary N) is 1. The summed E-state index contributed by atoms with van der Waals surface area (Å²) >= 11 is 0. The Hall–Kier alpha value is -1.14. The van der Waals surface area contributed by atoms with E-state index in [1.54, 1.807) is 6.07 Å². The van der Waals surface area contributed by atoms with Crippen LogP contribution in [0.1, 0.15) is 0 Å². The van der Waals surface area contributed by atoms with E-state index in [-0.39, 0.29) is 10.7 Å². The topological polar surface area (TPSA) is 85.1 Å². The number of hydrogen-bond donors (Lipinski definition) is 2. The van der Waals surface area contributed by atoms with Crippen molar-refractivity contribution in [2.24, 2.45) is 0 Å². The van der Waals surface area contributed by atoms with Crippen LogP contribution < -0.4 is 10.5 Å². The third-order valence-electron chi connectivity index (χ3n) is 1.32. The highest BCUT2D eigenvalue weighted by atomic mass is 32.2. The molecule has 3 N–H and O–H groups in total. The van der Waals surface area contributed by atoms with E-state index in [4.69, 9.17) is 5.73 Å². The van der Waals surface area contributed by atoms with Gasteiger partial charge in [0.2, 0.25) is 0 Å². The van der Waals surface area contributed by atoms with E-state index >= 15 is 0 Å². The molecule has 1 heterocycles. The lowest BCUT2D eigenvalue weighted by Crippen LogP contribution is -2.21. The summed E-state index contributed by atoms with van der Waals surface area (Å²) in [5.41, 5.74) is 5.55. The lowest BCUT2D eigenvalue weighted by atomic mass is 10.4. The normalized spacial score (nSPS) is 11.4. The Balaban J connectivity index is 3.30. The van der Waals surface area contributed by atoms with E-state index in [0.29, 0.717) is 0 Å². The van der Waals surface area contributed by atoms with Crippen molar-refractivity contribution in [1.29, 1.82) is 0 Å². The smallest absolute Gasteiger partial charge is 0.259 e. The maximum absolute atomic E-state index is 11.2. The zero-order valence-corrected chi connectivity index (χ0v) is 7.30. The van der Waals surface area contributed by atoms with Crippen LogP contribution in [0.4, 0.5) is 5.69 Å². The van der Waals surface area contributed by atoms with Gasteiger partial charge in [0.05, 0.1) is 5.69 Å². The zero-order chi connectivity index (χ0) is 9.19. The monoisotopic (exact) mass is 187 g/mol. The van der Waals surface area contributed by atoms with Gasteiger partial charge in [0.25, 0.3) is 10.0 Å². The van der Waals surface area contributed by atoms with Crippen molar-refractivity contribution in [3.63, 3.8) is 0 Å². The largest absolute Gasteiger partial charge is 0.396 e. The molecule has 0 unspecified atom stereocenters. The second-order valence-corrected chi connectivity index (χ2v) is 3.91. The number of nitrogens with zero attached hydrogens (tertiary/aromatic N) is 1. The fourth-order valence-electron chi connectivity index (χ4n) is 0.724. The third kappa shape index (κ3) is 1.54. The van der Waals surface area contributed by atoms with Crippen molar-refractivity contribution < 1.29 is 8.42 Å². The molecule has 12 heavy (non-hydrogen) atoms. The number of aromatic nitrogens is 1. The molecule has 0 saturated heterocycles. The van der Waals surface area contributed by atoms with E-state index in [2.05, 4.69) is 9.71 Å². The van der Waals surface area contributed by atoms with Gasteiger partial charge in [-0.05, 0) is 19.2 Å². The molecule has 1 aromatic heterocycles. The summed E-state index contributed by atoms with van der Waals surface area (Å²) in [6, 6.07) is 3.06. The van der Waals surface area contributed by atoms with Crippen molar-refractivity contribution in [2.45, 2.75) is 5.03 Å². The summed E-state index contributed by atoms with van der Waals surface area (Å²) in [5.74, 6) is 0. The maximum Gasteiger partial charge on any atom is 0.259 e. The van der Waals surface area contributed by atoms with Crippen molar-refractivity contribution in [1.82, 2.24) is 9.71 Å². The average Bonchev–Trinajstić information content (AvgIpc) is 2.05. The molecular weight excluding hydrogens is 178 g/mol. The number of rotatable bonds is 2. The molecule has 0 fully saturated rings. The third-order valence-corrected chi connectivity index (χ3v) is 2.71. The zero-order valence-electron chi connectivity index (χ0n) is 6.48. The first-order valence-electron chi connectivity index (χ1n) is 3.22. The van der Waals surface area contributed by atoms with E-state index in [0.717, 1.165) is 0 Å². The number of sulfonamides is 1. The molecule has 0 radical (unpaired) electrons.